The van der Waals surface area contributed by atoms with Gasteiger partial charge in [0.05, 0.1) is 30.5 Å². The number of morpholine rings is 1. The van der Waals surface area contributed by atoms with Crippen LogP contribution in [0.2, 0.25) is 0 Å². The van der Waals surface area contributed by atoms with Gasteiger partial charge in [0, 0.05) is 44.1 Å². The average Bonchev–Trinajstić information content (AvgIpc) is 3.82. The predicted molar refractivity (Wildman–Crippen MR) is 149 cm³/mol. The fourth-order valence-corrected chi connectivity index (χ4v) is 7.20. The quantitative estimate of drug-likeness (QED) is 0.475. The molecule has 9 rings (SSSR count). The predicted octanol–water partition coefficient (Wildman–Crippen LogP) is 2.47. The van der Waals surface area contributed by atoms with E-state index in [1.807, 2.05) is 0 Å². The zero-order valence-corrected chi connectivity index (χ0v) is 23.2. The molecular formula is C29H33F2N9O2. The number of piperidine rings is 2. The number of aromatic nitrogens is 5. The van der Waals surface area contributed by atoms with Gasteiger partial charge in [-0.25, -0.2) is 18.3 Å². The van der Waals surface area contributed by atoms with Crippen LogP contribution >= 0.6 is 0 Å². The Morgan fingerprint density at radius 2 is 1.93 bits per heavy atom. The van der Waals surface area contributed by atoms with E-state index in [1.165, 1.54) is 4.90 Å². The molecular weight excluding hydrogens is 544 g/mol. The number of rotatable bonds is 3. The van der Waals surface area contributed by atoms with Crippen molar-refractivity contribution in [1.29, 1.82) is 0 Å². The van der Waals surface area contributed by atoms with Crippen LogP contribution in [0.25, 0.3) is 5.65 Å². The van der Waals surface area contributed by atoms with Crippen molar-refractivity contribution in [2.24, 2.45) is 5.92 Å². The summed E-state index contributed by atoms with van der Waals surface area (Å²) in [5.41, 5.74) is 0.382. The molecule has 220 valence electrons. The van der Waals surface area contributed by atoms with Gasteiger partial charge < -0.3 is 15.0 Å². The Bertz CT molecular complexity index is 1560. The molecule has 9 heterocycles. The molecule has 1 N–H and O–H groups in total. The normalized spacial score (nSPS) is 29.1. The van der Waals surface area contributed by atoms with Crippen molar-refractivity contribution < 1.29 is 18.3 Å². The lowest BCUT2D eigenvalue weighted by Crippen LogP contribution is -2.53. The lowest BCUT2D eigenvalue weighted by molar-refractivity contribution is 0.0913. The molecule has 0 saturated carbocycles. The molecule has 3 aromatic rings. The van der Waals surface area contributed by atoms with Crippen LogP contribution in [-0.4, -0.2) is 92.8 Å². The van der Waals surface area contributed by atoms with E-state index in [1.54, 1.807) is 33.9 Å². The summed E-state index contributed by atoms with van der Waals surface area (Å²) in [5, 5.41) is 12.5. The molecule has 0 spiro atoms. The number of halogens is 2. The standard InChI is InChI=1S/C29H33F2N9O2/c30-26(31)25-22-16-39(34-25)19-6-12-36(13-7-19)23(3-2-18-4-9-32-10-5-18)40(22)29(41)24-27-33-8-1-11-38(27)35-28(24)37-15-21-14-20(37)17-42-21/h1,8,11,16,18-21,23,26,32H,4-7,9-10,12-15,17H2/t20-,21-,23?/m1/s1. The van der Waals surface area contributed by atoms with E-state index in [-0.39, 0.29) is 29.8 Å². The van der Waals surface area contributed by atoms with Crippen LogP contribution in [-0.2, 0) is 4.74 Å². The highest BCUT2D eigenvalue weighted by molar-refractivity contribution is 6.14. The van der Waals surface area contributed by atoms with Gasteiger partial charge in [0.1, 0.15) is 5.56 Å². The summed E-state index contributed by atoms with van der Waals surface area (Å²) in [4.78, 5) is 25.3. The summed E-state index contributed by atoms with van der Waals surface area (Å²) in [5.74, 6) is 7.11. The highest BCUT2D eigenvalue weighted by Gasteiger charge is 2.45. The molecule has 1 amide bonds. The third-order valence-electron chi connectivity index (χ3n) is 9.41. The lowest BCUT2D eigenvalue weighted by Gasteiger charge is -2.39. The highest BCUT2D eigenvalue weighted by Crippen LogP contribution is 2.40. The van der Waals surface area contributed by atoms with E-state index in [9.17, 15) is 8.78 Å². The van der Waals surface area contributed by atoms with E-state index in [0.29, 0.717) is 43.3 Å². The fraction of sp³-hybridized carbons (Fsp3) is 0.586. The van der Waals surface area contributed by atoms with Crippen LogP contribution in [0, 0.1) is 17.8 Å². The fourth-order valence-electron chi connectivity index (χ4n) is 7.20. The molecule has 0 aliphatic carbocycles. The molecule has 6 bridgehead atoms. The zero-order chi connectivity index (χ0) is 28.4. The number of nitrogens with zero attached hydrogens (tertiary/aromatic N) is 8. The van der Waals surface area contributed by atoms with E-state index in [4.69, 9.17) is 9.84 Å². The van der Waals surface area contributed by atoms with Gasteiger partial charge in [0.2, 0.25) is 0 Å². The molecule has 6 aliphatic heterocycles. The number of anilines is 2. The molecule has 13 heteroatoms. The first-order valence-electron chi connectivity index (χ1n) is 14.9. The maximum absolute atomic E-state index is 15.0. The van der Waals surface area contributed by atoms with Crippen molar-refractivity contribution in [2.45, 2.75) is 62.9 Å². The number of hydrogen-bond acceptors (Lipinski definition) is 8. The molecule has 0 aromatic carbocycles. The van der Waals surface area contributed by atoms with Crippen LogP contribution in [0.4, 0.5) is 20.3 Å². The Balaban J connectivity index is 1.30. The third-order valence-corrected chi connectivity index (χ3v) is 9.41. The molecule has 3 aromatic heterocycles. The van der Waals surface area contributed by atoms with Gasteiger partial charge in [0.25, 0.3) is 12.3 Å². The number of nitrogens with one attached hydrogen (secondary N) is 1. The minimum absolute atomic E-state index is 0.00469. The number of carbonyl (C=O) groups is 1. The Labute approximate surface area is 241 Å². The molecule has 4 fully saturated rings. The Kier molecular flexibility index (Phi) is 6.38. The molecule has 0 radical (unpaired) electrons. The lowest BCUT2D eigenvalue weighted by atomic mass is 9.98. The minimum Gasteiger partial charge on any atom is -0.374 e. The van der Waals surface area contributed by atoms with Gasteiger partial charge in [-0.05, 0) is 51.3 Å². The monoisotopic (exact) mass is 577 g/mol. The summed E-state index contributed by atoms with van der Waals surface area (Å²) in [7, 11) is 0. The number of alkyl halides is 2. The summed E-state index contributed by atoms with van der Waals surface area (Å²) in [6.45, 7) is 4.32. The molecule has 42 heavy (non-hydrogen) atoms. The SMILES string of the molecule is O=C(c1c(N2C[C@H]3C[C@@H]2CO3)nn2cccnc12)N1c2cn(nc2C(F)F)C2CCN(CC2)C1C#CC1CCNCC1. The number of fused-ring (bicyclic) bond motifs is 6. The topological polar surface area (TPSA) is 96.1 Å². The number of ether oxygens (including phenoxy) is 1. The molecule has 11 nitrogen and oxygen atoms in total. The Morgan fingerprint density at radius 1 is 1.10 bits per heavy atom. The molecule has 1 unspecified atom stereocenters. The molecule has 6 aliphatic rings. The smallest absolute Gasteiger partial charge is 0.284 e. The van der Waals surface area contributed by atoms with Gasteiger partial charge in [-0.2, -0.15) is 5.10 Å². The third kappa shape index (κ3) is 4.27. The average molecular weight is 578 g/mol. The minimum atomic E-state index is -2.85. The van der Waals surface area contributed by atoms with Crippen LogP contribution in [0.5, 0.6) is 0 Å². The summed E-state index contributed by atoms with van der Waals surface area (Å²) in [6, 6.07) is 1.85. The van der Waals surface area contributed by atoms with Crippen LogP contribution in [0.15, 0.2) is 24.7 Å². The molecule has 4 saturated heterocycles. The zero-order valence-electron chi connectivity index (χ0n) is 23.2. The van der Waals surface area contributed by atoms with Gasteiger partial charge in [-0.3, -0.25) is 19.3 Å². The van der Waals surface area contributed by atoms with Crippen LogP contribution in [0.3, 0.4) is 0 Å². The van der Waals surface area contributed by atoms with Crippen molar-refractivity contribution in [3.63, 3.8) is 0 Å². The van der Waals surface area contributed by atoms with E-state index in [2.05, 4.69) is 37.0 Å². The first-order valence-corrected chi connectivity index (χ1v) is 14.9. The number of amides is 1. The second-order valence-electron chi connectivity index (χ2n) is 11.9. The molecule has 3 atom stereocenters. The summed E-state index contributed by atoms with van der Waals surface area (Å²) >= 11 is 0. The van der Waals surface area contributed by atoms with Crippen LogP contribution < -0.4 is 15.1 Å². The van der Waals surface area contributed by atoms with Gasteiger partial charge in [-0.1, -0.05) is 11.8 Å². The summed E-state index contributed by atoms with van der Waals surface area (Å²) < 4.78 is 38.3. The first-order chi connectivity index (χ1) is 20.5. The van der Waals surface area contributed by atoms with Crippen LogP contribution in [0.1, 0.15) is 60.6 Å². The second kappa shape index (κ2) is 10.3. The van der Waals surface area contributed by atoms with Crippen molar-refractivity contribution >= 4 is 23.1 Å². The highest BCUT2D eigenvalue weighted by atomic mass is 19.3. The second-order valence-corrected chi connectivity index (χ2v) is 11.9. The van der Waals surface area contributed by atoms with Crippen molar-refractivity contribution in [3.05, 3.63) is 35.9 Å². The van der Waals surface area contributed by atoms with Gasteiger partial charge in [0.15, 0.2) is 23.3 Å². The van der Waals surface area contributed by atoms with Gasteiger partial charge in [-0.15, -0.1) is 5.10 Å². The first kappa shape index (κ1) is 26.1. The maximum Gasteiger partial charge on any atom is 0.284 e. The maximum atomic E-state index is 15.0. The van der Waals surface area contributed by atoms with Gasteiger partial charge >= 0.3 is 0 Å². The number of carbonyl (C=O) groups excluding carboxylic acids is 1. The number of hydrogen-bond donors (Lipinski definition) is 1. The Hall–Kier alpha value is -3.60. The van der Waals surface area contributed by atoms with E-state index in [0.717, 1.165) is 45.2 Å². The van der Waals surface area contributed by atoms with E-state index < -0.39 is 24.2 Å². The van der Waals surface area contributed by atoms with Crippen molar-refractivity contribution in [1.82, 2.24) is 34.6 Å². The Morgan fingerprint density at radius 3 is 2.67 bits per heavy atom. The van der Waals surface area contributed by atoms with Crippen molar-refractivity contribution in [2.75, 3.05) is 49.1 Å². The van der Waals surface area contributed by atoms with E-state index >= 15 is 4.79 Å². The van der Waals surface area contributed by atoms with Crippen molar-refractivity contribution in [3.8, 4) is 11.8 Å². The largest absolute Gasteiger partial charge is 0.374 e. The summed E-state index contributed by atoms with van der Waals surface area (Å²) in [6.07, 6.45) is 5.69.